The van der Waals surface area contributed by atoms with Crippen molar-refractivity contribution in [1.82, 2.24) is 0 Å². The molecule has 20 heavy (non-hydrogen) atoms. The van der Waals surface area contributed by atoms with Crippen LogP contribution in [0.5, 0.6) is 0 Å². The highest BCUT2D eigenvalue weighted by molar-refractivity contribution is 6.02. The monoisotopic (exact) mass is 268 g/mol. The summed E-state index contributed by atoms with van der Waals surface area (Å²) >= 11 is 0. The number of nitrogens with zero attached hydrogens (tertiary/aromatic N) is 1. The van der Waals surface area contributed by atoms with Crippen molar-refractivity contribution in [1.29, 1.82) is 0 Å². The van der Waals surface area contributed by atoms with E-state index in [2.05, 4.69) is 5.32 Å². The standard InChI is InChI=1S/C17H20N2O/c1-13(2)19(15-10-5-4-6-11-15)17(20)18-16-12-8-7-9-14(16)3/h4-13H,1-3H3,(H,18,20). The smallest absolute Gasteiger partial charge is 0.307 e. The van der Waals surface area contributed by atoms with Crippen molar-refractivity contribution in [2.24, 2.45) is 0 Å². The molecule has 0 aromatic heterocycles. The fourth-order valence-corrected chi connectivity index (χ4v) is 2.13. The van der Waals surface area contributed by atoms with Crippen molar-refractivity contribution >= 4 is 17.4 Å². The minimum Gasteiger partial charge on any atom is -0.307 e. The van der Waals surface area contributed by atoms with Gasteiger partial charge in [-0.3, -0.25) is 4.90 Å². The number of carbonyl (C=O) groups excluding carboxylic acids is 1. The maximum Gasteiger partial charge on any atom is 0.326 e. The quantitative estimate of drug-likeness (QED) is 0.876. The van der Waals surface area contributed by atoms with E-state index in [-0.39, 0.29) is 12.1 Å². The van der Waals surface area contributed by atoms with Gasteiger partial charge in [0.05, 0.1) is 0 Å². The topological polar surface area (TPSA) is 32.3 Å². The van der Waals surface area contributed by atoms with Gasteiger partial charge in [0.25, 0.3) is 0 Å². The van der Waals surface area contributed by atoms with Crippen LogP contribution in [0.4, 0.5) is 16.2 Å². The fraction of sp³-hybridized carbons (Fsp3) is 0.235. The Morgan fingerprint density at radius 3 is 2.20 bits per heavy atom. The Hall–Kier alpha value is -2.29. The van der Waals surface area contributed by atoms with Crippen LogP contribution >= 0.6 is 0 Å². The Morgan fingerprint density at radius 2 is 1.60 bits per heavy atom. The Bertz CT molecular complexity index is 579. The van der Waals surface area contributed by atoms with Crippen molar-refractivity contribution < 1.29 is 4.79 Å². The summed E-state index contributed by atoms with van der Waals surface area (Å²) in [5.41, 5.74) is 2.80. The SMILES string of the molecule is Cc1ccccc1NC(=O)N(c1ccccc1)C(C)C. The molecule has 2 rings (SSSR count). The van der Waals surface area contributed by atoms with Gasteiger partial charge in [-0.05, 0) is 44.5 Å². The van der Waals surface area contributed by atoms with Gasteiger partial charge in [0.1, 0.15) is 0 Å². The van der Waals surface area contributed by atoms with Crippen LogP contribution in [0.25, 0.3) is 0 Å². The van der Waals surface area contributed by atoms with Crippen LogP contribution in [0.1, 0.15) is 19.4 Å². The molecular formula is C17H20N2O. The third-order valence-electron chi connectivity index (χ3n) is 3.16. The molecule has 1 N–H and O–H groups in total. The molecule has 3 nitrogen and oxygen atoms in total. The average molecular weight is 268 g/mol. The molecule has 3 heteroatoms. The maximum absolute atomic E-state index is 12.5. The number of anilines is 2. The number of rotatable bonds is 3. The summed E-state index contributed by atoms with van der Waals surface area (Å²) in [5, 5.41) is 2.98. The first kappa shape index (κ1) is 14.1. The van der Waals surface area contributed by atoms with Gasteiger partial charge in [-0.1, -0.05) is 36.4 Å². The van der Waals surface area contributed by atoms with Crippen LogP contribution in [0.15, 0.2) is 54.6 Å². The molecule has 0 saturated heterocycles. The molecule has 0 fully saturated rings. The molecule has 104 valence electrons. The Balaban J connectivity index is 2.23. The lowest BCUT2D eigenvalue weighted by atomic mass is 10.2. The molecule has 0 heterocycles. The molecule has 2 amide bonds. The molecule has 0 spiro atoms. The van der Waals surface area contributed by atoms with Gasteiger partial charge in [0.2, 0.25) is 0 Å². The summed E-state index contributed by atoms with van der Waals surface area (Å²) in [6.45, 7) is 5.99. The van der Waals surface area contributed by atoms with E-state index >= 15 is 0 Å². The highest BCUT2D eigenvalue weighted by Crippen LogP contribution is 2.20. The molecule has 0 unspecified atom stereocenters. The van der Waals surface area contributed by atoms with Crippen LogP contribution in [-0.4, -0.2) is 12.1 Å². The molecule has 2 aromatic carbocycles. The van der Waals surface area contributed by atoms with Crippen LogP contribution in [-0.2, 0) is 0 Å². The zero-order valence-electron chi connectivity index (χ0n) is 12.1. The Kier molecular flexibility index (Phi) is 4.41. The second-order valence-corrected chi connectivity index (χ2v) is 5.04. The van der Waals surface area contributed by atoms with Gasteiger partial charge in [-0.25, -0.2) is 4.79 Å². The number of benzene rings is 2. The van der Waals surface area contributed by atoms with E-state index in [0.29, 0.717) is 0 Å². The molecule has 0 aliphatic heterocycles. The van der Waals surface area contributed by atoms with Crippen molar-refractivity contribution in [3.63, 3.8) is 0 Å². The molecule has 2 aromatic rings. The van der Waals surface area contributed by atoms with Crippen LogP contribution in [0.3, 0.4) is 0 Å². The van der Waals surface area contributed by atoms with E-state index in [0.717, 1.165) is 16.9 Å². The van der Waals surface area contributed by atoms with Crippen molar-refractivity contribution in [3.8, 4) is 0 Å². The number of aryl methyl sites for hydroxylation is 1. The Labute approximate surface area is 120 Å². The largest absolute Gasteiger partial charge is 0.326 e. The lowest BCUT2D eigenvalue weighted by Crippen LogP contribution is -2.40. The third kappa shape index (κ3) is 3.18. The molecule has 0 bridgehead atoms. The number of urea groups is 1. The molecule has 0 aliphatic carbocycles. The summed E-state index contributed by atoms with van der Waals surface area (Å²) in [7, 11) is 0. The predicted molar refractivity (Wildman–Crippen MR) is 84.3 cm³/mol. The van der Waals surface area contributed by atoms with Crippen LogP contribution < -0.4 is 10.2 Å². The third-order valence-corrected chi connectivity index (χ3v) is 3.16. The summed E-state index contributed by atoms with van der Waals surface area (Å²) in [6, 6.07) is 17.5. The minimum atomic E-state index is -0.111. The number of amides is 2. The van der Waals surface area contributed by atoms with Gasteiger partial charge < -0.3 is 5.32 Å². The summed E-state index contributed by atoms with van der Waals surface area (Å²) < 4.78 is 0. The lowest BCUT2D eigenvalue weighted by Gasteiger charge is -2.27. The molecule has 0 aliphatic rings. The normalized spacial score (nSPS) is 10.4. The van der Waals surface area contributed by atoms with E-state index in [4.69, 9.17) is 0 Å². The van der Waals surface area contributed by atoms with E-state index in [1.165, 1.54) is 0 Å². The number of hydrogen-bond acceptors (Lipinski definition) is 1. The van der Waals surface area contributed by atoms with Crippen molar-refractivity contribution in [2.45, 2.75) is 26.8 Å². The summed E-state index contributed by atoms with van der Waals surface area (Å²) in [6.07, 6.45) is 0. The van der Waals surface area contributed by atoms with Crippen LogP contribution in [0.2, 0.25) is 0 Å². The second kappa shape index (κ2) is 6.24. The molecule has 0 saturated carbocycles. The number of carbonyl (C=O) groups is 1. The first-order valence-electron chi connectivity index (χ1n) is 6.80. The highest BCUT2D eigenvalue weighted by atomic mass is 16.2. The van der Waals surface area contributed by atoms with E-state index in [9.17, 15) is 4.79 Å². The van der Waals surface area contributed by atoms with Gasteiger partial charge in [0.15, 0.2) is 0 Å². The summed E-state index contributed by atoms with van der Waals surface area (Å²) in [5.74, 6) is 0. The zero-order valence-corrected chi connectivity index (χ0v) is 12.1. The Morgan fingerprint density at radius 1 is 1.00 bits per heavy atom. The lowest BCUT2D eigenvalue weighted by molar-refractivity contribution is 0.255. The first-order chi connectivity index (χ1) is 9.59. The minimum absolute atomic E-state index is 0.0846. The first-order valence-corrected chi connectivity index (χ1v) is 6.80. The average Bonchev–Trinajstić information content (AvgIpc) is 2.42. The van der Waals surface area contributed by atoms with Gasteiger partial charge in [-0.2, -0.15) is 0 Å². The van der Waals surface area contributed by atoms with E-state index in [1.807, 2.05) is 75.4 Å². The fourth-order valence-electron chi connectivity index (χ4n) is 2.13. The maximum atomic E-state index is 12.5. The van der Waals surface area contributed by atoms with Gasteiger partial charge in [-0.15, -0.1) is 0 Å². The summed E-state index contributed by atoms with van der Waals surface area (Å²) in [4.78, 5) is 14.3. The van der Waals surface area contributed by atoms with Crippen molar-refractivity contribution in [2.75, 3.05) is 10.2 Å². The van der Waals surface area contributed by atoms with Gasteiger partial charge in [0, 0.05) is 17.4 Å². The number of nitrogens with one attached hydrogen (secondary N) is 1. The molecular weight excluding hydrogens is 248 g/mol. The number of para-hydroxylation sites is 2. The second-order valence-electron chi connectivity index (χ2n) is 5.04. The number of hydrogen-bond donors (Lipinski definition) is 1. The zero-order chi connectivity index (χ0) is 14.5. The van der Waals surface area contributed by atoms with E-state index < -0.39 is 0 Å². The molecule has 0 radical (unpaired) electrons. The molecule has 0 atom stereocenters. The highest BCUT2D eigenvalue weighted by Gasteiger charge is 2.19. The predicted octanol–water partition coefficient (Wildman–Crippen LogP) is 4.44. The van der Waals surface area contributed by atoms with Crippen molar-refractivity contribution in [3.05, 3.63) is 60.2 Å². The van der Waals surface area contributed by atoms with Crippen LogP contribution in [0, 0.1) is 6.92 Å². The van der Waals surface area contributed by atoms with E-state index in [1.54, 1.807) is 4.90 Å². The van der Waals surface area contributed by atoms with Gasteiger partial charge >= 0.3 is 6.03 Å².